The van der Waals surface area contributed by atoms with Crippen molar-refractivity contribution in [1.82, 2.24) is 9.97 Å². The van der Waals surface area contributed by atoms with E-state index in [1.807, 2.05) is 20.8 Å². The van der Waals surface area contributed by atoms with Crippen LogP contribution < -0.4 is 0 Å². The van der Waals surface area contributed by atoms with Gasteiger partial charge in [0.05, 0.1) is 5.60 Å². The van der Waals surface area contributed by atoms with Gasteiger partial charge in [-0.25, -0.2) is 9.97 Å². The zero-order valence-corrected chi connectivity index (χ0v) is 13.0. The molecular formula is C13H18N2OS2. The highest BCUT2D eigenvalue weighted by Gasteiger charge is 2.18. The Labute approximate surface area is 116 Å². The van der Waals surface area contributed by atoms with Gasteiger partial charge in [0.2, 0.25) is 0 Å². The van der Waals surface area contributed by atoms with Crippen LogP contribution in [0, 0.1) is 20.8 Å². The molecule has 0 spiro atoms. The Morgan fingerprint density at radius 3 is 2.50 bits per heavy atom. The largest absolute Gasteiger partial charge is 0.390 e. The molecule has 98 valence electrons. The van der Waals surface area contributed by atoms with E-state index in [0.29, 0.717) is 5.75 Å². The van der Waals surface area contributed by atoms with Crippen LogP contribution in [0.4, 0.5) is 0 Å². The Kier molecular flexibility index (Phi) is 3.67. The van der Waals surface area contributed by atoms with E-state index in [0.717, 1.165) is 21.1 Å². The van der Waals surface area contributed by atoms with E-state index in [1.165, 1.54) is 10.4 Å². The number of hydrogen-bond donors (Lipinski definition) is 1. The van der Waals surface area contributed by atoms with Crippen molar-refractivity contribution in [1.29, 1.82) is 0 Å². The zero-order chi connectivity index (χ0) is 13.5. The Hall–Kier alpha value is -0.650. The van der Waals surface area contributed by atoms with Crippen LogP contribution in [0.1, 0.15) is 30.1 Å². The molecule has 2 rings (SSSR count). The van der Waals surface area contributed by atoms with E-state index in [4.69, 9.17) is 0 Å². The highest BCUT2D eigenvalue weighted by molar-refractivity contribution is 7.99. The fourth-order valence-corrected chi connectivity index (χ4v) is 3.88. The molecule has 0 unspecified atom stereocenters. The second kappa shape index (κ2) is 4.79. The number of fused-ring (bicyclic) bond motifs is 1. The van der Waals surface area contributed by atoms with Gasteiger partial charge >= 0.3 is 0 Å². The van der Waals surface area contributed by atoms with Gasteiger partial charge in [-0.15, -0.1) is 23.1 Å². The predicted octanol–water partition coefficient (Wildman–Crippen LogP) is 3.48. The third-order valence-electron chi connectivity index (χ3n) is 2.67. The van der Waals surface area contributed by atoms with Crippen LogP contribution in [0.25, 0.3) is 10.2 Å². The van der Waals surface area contributed by atoms with Crippen molar-refractivity contribution >= 4 is 33.3 Å². The maximum atomic E-state index is 9.83. The molecule has 18 heavy (non-hydrogen) atoms. The Morgan fingerprint density at radius 2 is 1.89 bits per heavy atom. The number of aryl methyl sites for hydroxylation is 3. The minimum absolute atomic E-state index is 0.632. The number of hydrogen-bond acceptors (Lipinski definition) is 5. The maximum Gasteiger partial charge on any atom is 0.128 e. The first-order valence-electron chi connectivity index (χ1n) is 5.87. The average molecular weight is 282 g/mol. The van der Waals surface area contributed by atoms with Crippen LogP contribution in [0.5, 0.6) is 0 Å². The van der Waals surface area contributed by atoms with E-state index in [-0.39, 0.29) is 0 Å². The summed E-state index contributed by atoms with van der Waals surface area (Å²) in [5.74, 6) is 1.43. The molecule has 2 aromatic heterocycles. The molecule has 0 amide bonds. The maximum absolute atomic E-state index is 9.83. The van der Waals surface area contributed by atoms with Crippen molar-refractivity contribution in [2.24, 2.45) is 0 Å². The molecule has 2 aromatic rings. The van der Waals surface area contributed by atoms with Crippen molar-refractivity contribution in [2.45, 2.75) is 45.2 Å². The van der Waals surface area contributed by atoms with E-state index >= 15 is 0 Å². The first kappa shape index (κ1) is 13.8. The lowest BCUT2D eigenvalue weighted by atomic mass is 10.2. The molecule has 0 aliphatic heterocycles. The summed E-state index contributed by atoms with van der Waals surface area (Å²) in [6.07, 6.45) is 0. The first-order valence-corrected chi connectivity index (χ1v) is 7.67. The number of thiophene rings is 1. The van der Waals surface area contributed by atoms with Crippen molar-refractivity contribution in [3.05, 3.63) is 16.3 Å². The molecule has 1 N–H and O–H groups in total. The summed E-state index contributed by atoms with van der Waals surface area (Å²) in [6, 6.07) is 0. The van der Waals surface area contributed by atoms with Gasteiger partial charge in [0.15, 0.2) is 0 Å². The summed E-state index contributed by atoms with van der Waals surface area (Å²) in [4.78, 5) is 11.4. The molecule has 3 nitrogen and oxygen atoms in total. The van der Waals surface area contributed by atoms with E-state index in [1.54, 1.807) is 23.1 Å². The molecular weight excluding hydrogens is 264 g/mol. The molecule has 0 aliphatic carbocycles. The highest BCUT2D eigenvalue weighted by Crippen LogP contribution is 2.35. The summed E-state index contributed by atoms with van der Waals surface area (Å²) < 4.78 is 0. The summed E-state index contributed by atoms with van der Waals surface area (Å²) >= 11 is 3.32. The molecule has 0 atom stereocenters. The van der Waals surface area contributed by atoms with Gasteiger partial charge in [0.1, 0.15) is 15.7 Å². The molecule has 0 fully saturated rings. The van der Waals surface area contributed by atoms with Gasteiger partial charge in [0, 0.05) is 16.0 Å². The van der Waals surface area contributed by atoms with Crippen LogP contribution in [-0.4, -0.2) is 26.4 Å². The average Bonchev–Trinajstić information content (AvgIpc) is 2.50. The van der Waals surface area contributed by atoms with Gasteiger partial charge in [-0.3, -0.25) is 0 Å². The van der Waals surface area contributed by atoms with Crippen LogP contribution in [-0.2, 0) is 0 Å². The predicted molar refractivity (Wildman–Crippen MR) is 78.6 cm³/mol. The fraction of sp³-hybridized carbons (Fsp3) is 0.538. The molecule has 2 heterocycles. The topological polar surface area (TPSA) is 46.0 Å². The molecule has 0 bridgehead atoms. The number of thioether (sulfide) groups is 1. The van der Waals surface area contributed by atoms with Crippen molar-refractivity contribution in [2.75, 3.05) is 5.75 Å². The second-order valence-corrected chi connectivity index (χ2v) is 7.31. The van der Waals surface area contributed by atoms with Gasteiger partial charge in [0.25, 0.3) is 0 Å². The Morgan fingerprint density at radius 1 is 1.22 bits per heavy atom. The SMILES string of the molecule is Cc1nc(SCC(C)(C)O)c2c(C)c(C)sc2n1. The normalized spacial score (nSPS) is 12.3. The number of rotatable bonds is 3. The van der Waals surface area contributed by atoms with Gasteiger partial charge in [-0.05, 0) is 40.2 Å². The Bertz CT molecular complexity index is 585. The minimum Gasteiger partial charge on any atom is -0.390 e. The summed E-state index contributed by atoms with van der Waals surface area (Å²) in [5.41, 5.74) is 0.572. The second-order valence-electron chi connectivity index (χ2n) is 5.14. The lowest BCUT2D eigenvalue weighted by Gasteiger charge is -2.16. The Balaban J connectivity index is 2.48. The van der Waals surface area contributed by atoms with Crippen molar-refractivity contribution in [3.8, 4) is 0 Å². The standard InChI is InChI=1S/C13H18N2OS2/c1-7-8(2)18-12-10(7)11(14-9(3)15-12)17-6-13(4,5)16/h16H,6H2,1-5H3. The van der Waals surface area contributed by atoms with Crippen LogP contribution in [0.15, 0.2) is 5.03 Å². The highest BCUT2D eigenvalue weighted by atomic mass is 32.2. The summed E-state index contributed by atoms with van der Waals surface area (Å²) in [6.45, 7) is 9.77. The number of nitrogens with zero attached hydrogens (tertiary/aromatic N) is 2. The number of aromatic nitrogens is 2. The molecule has 0 aliphatic rings. The van der Waals surface area contributed by atoms with Crippen LogP contribution in [0.3, 0.4) is 0 Å². The monoisotopic (exact) mass is 282 g/mol. The van der Waals surface area contributed by atoms with Crippen LogP contribution in [0.2, 0.25) is 0 Å². The van der Waals surface area contributed by atoms with E-state index < -0.39 is 5.60 Å². The lowest BCUT2D eigenvalue weighted by Crippen LogP contribution is -2.21. The third kappa shape index (κ3) is 2.84. The smallest absolute Gasteiger partial charge is 0.128 e. The minimum atomic E-state index is -0.686. The lowest BCUT2D eigenvalue weighted by molar-refractivity contribution is 0.107. The van der Waals surface area contributed by atoms with Crippen LogP contribution >= 0.6 is 23.1 Å². The van der Waals surface area contributed by atoms with Gasteiger partial charge in [-0.1, -0.05) is 0 Å². The van der Waals surface area contributed by atoms with E-state index in [2.05, 4.69) is 23.8 Å². The van der Waals surface area contributed by atoms with Crippen molar-refractivity contribution < 1.29 is 5.11 Å². The molecule has 5 heteroatoms. The summed E-state index contributed by atoms with van der Waals surface area (Å²) in [5, 5.41) is 12.0. The fourth-order valence-electron chi connectivity index (χ4n) is 1.66. The van der Waals surface area contributed by atoms with Gasteiger partial charge < -0.3 is 5.11 Å². The summed E-state index contributed by atoms with van der Waals surface area (Å²) in [7, 11) is 0. The molecule has 0 saturated heterocycles. The number of aliphatic hydroxyl groups is 1. The third-order valence-corrected chi connectivity index (χ3v) is 5.19. The molecule has 0 aromatic carbocycles. The first-order chi connectivity index (χ1) is 8.28. The zero-order valence-electron chi connectivity index (χ0n) is 11.4. The molecule has 0 radical (unpaired) electrons. The van der Waals surface area contributed by atoms with E-state index in [9.17, 15) is 5.11 Å². The van der Waals surface area contributed by atoms with Gasteiger partial charge in [-0.2, -0.15) is 0 Å². The van der Waals surface area contributed by atoms with Crippen molar-refractivity contribution in [3.63, 3.8) is 0 Å². The molecule has 0 saturated carbocycles. The quantitative estimate of drug-likeness (QED) is 0.691.